The second-order valence-corrected chi connectivity index (χ2v) is 23.6. The predicted molar refractivity (Wildman–Crippen MR) is 368 cm³/mol. The Labute approximate surface area is 613 Å². The summed E-state index contributed by atoms with van der Waals surface area (Å²) in [6.45, 7) is 18.7. The minimum absolute atomic E-state index is 0. The Morgan fingerprint density at radius 1 is 0.581 bits per heavy atom. The molecular weight excluding hydrogens is 1330 g/mol. The van der Waals surface area contributed by atoms with Crippen LogP contribution >= 0.6 is 15.9 Å². The Morgan fingerprint density at radius 2 is 0.935 bits per heavy atom. The van der Waals surface area contributed by atoms with E-state index >= 15 is 0 Å². The third-order valence-corrected chi connectivity index (χ3v) is 15.0. The molecule has 3 saturated heterocycles. The smallest absolute Gasteiger partial charge is 1.00 e. The number of aliphatic hydroxyl groups is 2. The quantitative estimate of drug-likeness (QED) is 0.0246. The largest absolute Gasteiger partial charge is 2.00 e. The van der Waals surface area contributed by atoms with Gasteiger partial charge in [-0.3, -0.25) is 28.8 Å². The van der Waals surface area contributed by atoms with Crippen molar-refractivity contribution in [1.82, 2.24) is 16.0 Å². The van der Waals surface area contributed by atoms with Gasteiger partial charge in [0.2, 0.25) is 11.8 Å². The molecule has 3 atom stereocenters. The predicted octanol–water partition coefficient (Wildman–Crippen LogP) is 3.39. The molecule has 22 heteroatoms. The Hall–Kier alpha value is -5.36. The molecule has 0 bridgehead atoms. The van der Waals surface area contributed by atoms with Gasteiger partial charge in [-0.2, -0.15) is 10.5 Å². The molecular formula is C71H99AlBr2LiMgN5O12. The van der Waals surface area contributed by atoms with Crippen molar-refractivity contribution in [2.45, 2.75) is 146 Å². The fourth-order valence-electron chi connectivity index (χ4n) is 11.0. The molecule has 0 radical (unpaired) electrons. The van der Waals surface area contributed by atoms with Crippen LogP contribution in [0.15, 0.2) is 152 Å². The van der Waals surface area contributed by atoms with Gasteiger partial charge in [-0.25, -0.2) is 0 Å². The second-order valence-electron chi connectivity index (χ2n) is 23.0. The van der Waals surface area contributed by atoms with E-state index in [1.165, 1.54) is 5.56 Å². The van der Waals surface area contributed by atoms with E-state index in [1.54, 1.807) is 71.9 Å². The van der Waals surface area contributed by atoms with Gasteiger partial charge >= 0.3 is 65.8 Å². The first-order valence-electron chi connectivity index (χ1n) is 29.8. The zero-order chi connectivity index (χ0) is 65.1. The average molecular weight is 1430 g/mol. The average Bonchev–Trinajstić information content (AvgIpc) is 1.78. The van der Waals surface area contributed by atoms with Crippen LogP contribution in [0.25, 0.3) is 0 Å². The van der Waals surface area contributed by atoms with Crippen LogP contribution < -0.4 is 51.8 Å². The van der Waals surface area contributed by atoms with Crippen molar-refractivity contribution >= 4 is 92.0 Å². The monoisotopic (exact) mass is 1430 g/mol. The first-order chi connectivity index (χ1) is 41.9. The number of hydrogen-bond acceptors (Lipinski definition) is 15. The maximum absolute atomic E-state index is 11.8. The molecule has 5 aromatic rings. The van der Waals surface area contributed by atoms with Gasteiger partial charge in [0.15, 0.2) is 17.4 Å². The summed E-state index contributed by atoms with van der Waals surface area (Å²) in [6.07, 6.45) is 3.71. The van der Waals surface area contributed by atoms with E-state index in [-0.39, 0.29) is 154 Å². The molecule has 17 nitrogen and oxygen atoms in total. The second kappa shape index (κ2) is 47.5. The molecule has 3 fully saturated rings. The van der Waals surface area contributed by atoms with Crippen molar-refractivity contribution in [2.75, 3.05) is 57.9 Å². The number of alkyl halides is 1. The molecule has 0 aromatic heterocycles. The summed E-state index contributed by atoms with van der Waals surface area (Å²) in [5.41, 5.74) is 1.91. The van der Waals surface area contributed by atoms with E-state index in [0.29, 0.717) is 62.9 Å². The van der Waals surface area contributed by atoms with Crippen LogP contribution in [0.4, 0.5) is 0 Å². The van der Waals surface area contributed by atoms with E-state index < -0.39 is 34.0 Å². The van der Waals surface area contributed by atoms with Gasteiger partial charge in [-0.1, -0.05) is 168 Å². The van der Waals surface area contributed by atoms with Crippen molar-refractivity contribution in [3.8, 4) is 12.1 Å². The van der Waals surface area contributed by atoms with Crippen LogP contribution in [0.5, 0.6) is 0 Å². The van der Waals surface area contributed by atoms with Gasteiger partial charge in [0.05, 0.1) is 75.5 Å². The fraction of sp³-hybridized carbons (Fsp3) is 0.451. The summed E-state index contributed by atoms with van der Waals surface area (Å²) in [5, 5.41) is 47.4. The number of benzene rings is 5. The Morgan fingerprint density at radius 3 is 1.27 bits per heavy atom. The zero-order valence-electron chi connectivity index (χ0n) is 56.5. The van der Waals surface area contributed by atoms with E-state index in [2.05, 4.69) is 73.0 Å². The molecule has 5 N–H and O–H groups in total. The molecule has 93 heavy (non-hydrogen) atoms. The number of hydrogen-bond donors (Lipinski definition) is 5. The summed E-state index contributed by atoms with van der Waals surface area (Å²) in [7, 11) is 0. The standard InChI is InChI=1S/C16H19NO4.C14H17NO3.C14H19NO2.C14H21NO.C8H7N.C4H7BrO2.CH3.Al.BrH.Li.Mg.H2.4H/c1-3-20-14(18)10-16(12-17,11-15(19)21-4-2)13-8-6-5-7-9-13;1-2-18-13(17)9-14(8-12(16)15-10-14)11-6-4-3-5-7-11;1-13(2,17)9-14(8-12(16)15-10-14)11-6-4-3-5-7-11;1-13(2,16)10-14(8-9-15-11-14)12-6-4-3-5-7-12;9-7-6-8-4-2-1-3-5-8;1-2-7-4(6)3-5;;;;;;;;;;/h5-9H,3-4,10-11H2,1-2H3;3-7H,2,8-10H2,1H3,(H,15,16);3-7,17H,8-10H2,1-2H3,(H,15,16);3-7,15-16H,8-11H2,1-2H3;1-5H,6H2;2-3H2,1H3;1H3;;1H;;;1H;;;;/q;;;;;;-1;;;+1;+2;;;;;-1/p-1. The number of halogens is 2. The van der Waals surface area contributed by atoms with E-state index in [9.17, 15) is 44.2 Å². The summed E-state index contributed by atoms with van der Waals surface area (Å²) in [6, 6.07) is 52.9. The molecule has 0 spiro atoms. The van der Waals surface area contributed by atoms with E-state index in [1.807, 2.05) is 111 Å². The van der Waals surface area contributed by atoms with Crippen LogP contribution in [0.3, 0.4) is 0 Å². The molecule has 5 aromatic carbocycles. The minimum Gasteiger partial charge on any atom is -1.00 e. The Bertz CT molecular complexity index is 3000. The number of rotatable bonds is 20. The van der Waals surface area contributed by atoms with Crippen LogP contribution in [0.1, 0.15) is 137 Å². The number of carbonyl (C=O) groups is 6. The van der Waals surface area contributed by atoms with E-state index in [0.717, 1.165) is 42.6 Å². The third-order valence-electron chi connectivity index (χ3n) is 14.6. The first-order valence-corrected chi connectivity index (χ1v) is 30.9. The first kappa shape index (κ1) is 91.8. The summed E-state index contributed by atoms with van der Waals surface area (Å²) in [5.74, 6) is -1.42. The molecule has 3 heterocycles. The number of nitriles is 2. The Kier molecular flexibility index (Phi) is 46.9. The summed E-state index contributed by atoms with van der Waals surface area (Å²) >= 11 is 2.94. The SMILES string of the molecule is CC(C)(O)CC1(c2ccccc2)CCNC1.CC(C)(O)CC1(c2ccccc2)CNC(=O)C1.CCOC(=O)CBr.CCOC(=O)CC(C#N)(CC(=O)OCC)c1ccccc1.CCOC(=O)CC1(c2ccccc2)CNC(=O)C1.N#CCc1ccccc1.[AlH3].[Br-].[CH3-].[H-].[HH].[Li+].[Mg+2]. The minimum atomic E-state index is -1.26. The van der Waals surface area contributed by atoms with Crippen molar-refractivity contribution in [3.05, 3.63) is 187 Å². The molecule has 0 saturated carbocycles. The van der Waals surface area contributed by atoms with Crippen molar-refractivity contribution < 1.29 is 96.6 Å². The fourth-order valence-corrected chi connectivity index (χ4v) is 11.2. The van der Waals surface area contributed by atoms with Gasteiger partial charge < -0.3 is 70.9 Å². The van der Waals surface area contributed by atoms with Crippen LogP contribution in [0, 0.1) is 30.1 Å². The van der Waals surface area contributed by atoms with Crippen molar-refractivity contribution in [1.29, 1.82) is 10.5 Å². The number of nitrogens with zero attached hydrogens (tertiary/aromatic N) is 2. The normalized spacial score (nSPS) is 17.2. The van der Waals surface area contributed by atoms with Gasteiger partial charge in [0, 0.05) is 50.1 Å². The molecule has 3 unspecified atom stereocenters. The van der Waals surface area contributed by atoms with Crippen molar-refractivity contribution in [3.63, 3.8) is 0 Å². The summed E-state index contributed by atoms with van der Waals surface area (Å²) in [4.78, 5) is 68.5. The molecule has 2 amide bonds. The molecule has 3 aliphatic rings. The van der Waals surface area contributed by atoms with Crippen LogP contribution in [-0.4, -0.2) is 155 Å². The molecule has 0 aliphatic carbocycles. The zero-order valence-corrected chi connectivity index (χ0v) is 60.1. The van der Waals surface area contributed by atoms with Gasteiger partial charge in [-0.15, -0.1) is 0 Å². The van der Waals surface area contributed by atoms with E-state index in [4.69, 9.17) is 19.5 Å². The van der Waals surface area contributed by atoms with Crippen LogP contribution in [-0.2, 0) is 75.8 Å². The van der Waals surface area contributed by atoms with Gasteiger partial charge in [0.25, 0.3) is 0 Å². The number of amides is 2. The van der Waals surface area contributed by atoms with Crippen molar-refractivity contribution in [2.24, 2.45) is 0 Å². The summed E-state index contributed by atoms with van der Waals surface area (Å²) < 4.78 is 19.4. The number of carbonyl (C=O) groups excluding carboxylic acids is 6. The number of nitrogens with one attached hydrogen (secondary N) is 3. The maximum Gasteiger partial charge on any atom is 2.00 e. The van der Waals surface area contributed by atoms with Crippen LogP contribution in [0.2, 0.25) is 0 Å². The molecule has 3 aliphatic heterocycles. The topological polar surface area (TPSA) is 263 Å². The molecule has 8 rings (SSSR count). The number of esters is 4. The van der Waals surface area contributed by atoms with Gasteiger partial charge in [-0.05, 0) is 109 Å². The Balaban J connectivity index is -0.000000345. The third kappa shape index (κ3) is 33.2. The van der Waals surface area contributed by atoms with Gasteiger partial charge in [0.1, 0.15) is 10.7 Å². The maximum atomic E-state index is 11.8. The number of ether oxygens (including phenoxy) is 4. The molecule has 500 valence electrons.